The second-order valence-corrected chi connectivity index (χ2v) is 4.65. The topological polar surface area (TPSA) is 78.9 Å². The van der Waals surface area contributed by atoms with E-state index in [0.717, 1.165) is 11.3 Å². The fourth-order valence-corrected chi connectivity index (χ4v) is 1.61. The van der Waals surface area contributed by atoms with Gasteiger partial charge in [0.1, 0.15) is 0 Å². The van der Waals surface area contributed by atoms with Crippen LogP contribution in [0.3, 0.4) is 0 Å². The summed E-state index contributed by atoms with van der Waals surface area (Å²) < 4.78 is 0. The lowest BCUT2D eigenvalue weighted by Gasteiger charge is -2.22. The molecule has 0 spiro atoms. The molecule has 3 N–H and O–H groups in total. The van der Waals surface area contributed by atoms with Crippen molar-refractivity contribution in [3.8, 4) is 0 Å². The minimum atomic E-state index is -0.958. The molecule has 5 nitrogen and oxygen atoms in total. The smallest absolute Gasteiger partial charge is 0.407 e. The number of hydrogen-bond acceptors (Lipinski definition) is 3. The van der Waals surface area contributed by atoms with Crippen LogP contribution in [0.4, 0.5) is 10.5 Å². The lowest BCUT2D eigenvalue weighted by molar-refractivity contribution is 0.142. The highest BCUT2D eigenvalue weighted by atomic mass is 32.2. The van der Waals surface area contributed by atoms with Gasteiger partial charge in [-0.3, -0.25) is 0 Å². The van der Waals surface area contributed by atoms with Crippen molar-refractivity contribution in [1.29, 1.82) is 0 Å². The molecule has 0 saturated heterocycles. The van der Waals surface area contributed by atoms with Crippen LogP contribution in [0.2, 0.25) is 0 Å². The van der Waals surface area contributed by atoms with Gasteiger partial charge in [-0.05, 0) is 30.9 Å². The Hall–Kier alpha value is -1.69. The Morgan fingerprint density at radius 1 is 1.56 bits per heavy atom. The fraction of sp³-hybridized carbons (Fsp3) is 0.333. The van der Waals surface area contributed by atoms with Crippen LogP contribution in [0.5, 0.6) is 0 Å². The number of rotatable bonds is 3. The quantitative estimate of drug-likeness (QED) is 0.652. The number of benzene rings is 1. The lowest BCUT2D eigenvalue weighted by atomic mass is 10.1. The van der Waals surface area contributed by atoms with E-state index in [2.05, 4.69) is 4.99 Å². The van der Waals surface area contributed by atoms with Crippen molar-refractivity contribution in [2.24, 2.45) is 10.7 Å². The fourth-order valence-electron chi connectivity index (χ4n) is 1.42. The first-order valence-corrected chi connectivity index (χ1v) is 6.62. The Morgan fingerprint density at radius 2 is 2.22 bits per heavy atom. The van der Waals surface area contributed by atoms with E-state index in [9.17, 15) is 4.79 Å². The van der Waals surface area contributed by atoms with Gasteiger partial charge in [0.2, 0.25) is 0 Å². The van der Waals surface area contributed by atoms with Crippen molar-refractivity contribution in [3.05, 3.63) is 29.8 Å². The van der Waals surface area contributed by atoms with Crippen LogP contribution in [-0.4, -0.2) is 34.6 Å². The van der Waals surface area contributed by atoms with Crippen LogP contribution in [-0.2, 0) is 0 Å². The molecule has 1 aromatic carbocycles. The molecule has 0 aliphatic heterocycles. The van der Waals surface area contributed by atoms with Crippen LogP contribution in [0.15, 0.2) is 29.3 Å². The summed E-state index contributed by atoms with van der Waals surface area (Å²) in [6, 6.07) is 7.16. The molecule has 0 heterocycles. The summed E-state index contributed by atoms with van der Waals surface area (Å²) in [4.78, 5) is 16.4. The van der Waals surface area contributed by atoms with Crippen LogP contribution in [0.1, 0.15) is 18.5 Å². The SMILES string of the molecule is CSC(N)=Nc1cccc(C(C)N(C)C(=O)O)c1. The van der Waals surface area contributed by atoms with Gasteiger partial charge in [-0.2, -0.15) is 0 Å². The monoisotopic (exact) mass is 267 g/mol. The van der Waals surface area contributed by atoms with E-state index in [4.69, 9.17) is 10.8 Å². The van der Waals surface area contributed by atoms with Crippen LogP contribution in [0.25, 0.3) is 0 Å². The molecule has 0 bridgehead atoms. The van der Waals surface area contributed by atoms with Gasteiger partial charge < -0.3 is 15.7 Å². The number of thioether (sulfide) groups is 1. The third-order valence-corrected chi connectivity index (χ3v) is 3.19. The summed E-state index contributed by atoms with van der Waals surface area (Å²) in [6.45, 7) is 1.83. The van der Waals surface area contributed by atoms with Gasteiger partial charge >= 0.3 is 6.09 Å². The Morgan fingerprint density at radius 3 is 2.78 bits per heavy atom. The van der Waals surface area contributed by atoms with E-state index < -0.39 is 6.09 Å². The van der Waals surface area contributed by atoms with Gasteiger partial charge in [0.15, 0.2) is 5.17 Å². The maximum absolute atomic E-state index is 10.9. The van der Waals surface area contributed by atoms with Gasteiger partial charge in [0.05, 0.1) is 11.7 Å². The first-order valence-electron chi connectivity index (χ1n) is 5.39. The normalized spacial score (nSPS) is 13.2. The number of carboxylic acid groups (broad SMARTS) is 1. The van der Waals surface area contributed by atoms with E-state index in [0.29, 0.717) is 5.17 Å². The summed E-state index contributed by atoms with van der Waals surface area (Å²) in [7, 11) is 1.54. The molecule has 0 aromatic heterocycles. The molecule has 1 unspecified atom stereocenters. The molecule has 1 amide bonds. The van der Waals surface area contributed by atoms with E-state index in [1.165, 1.54) is 16.7 Å². The number of amidine groups is 1. The van der Waals surface area contributed by atoms with Crippen LogP contribution in [0, 0.1) is 0 Å². The highest BCUT2D eigenvalue weighted by molar-refractivity contribution is 8.13. The second kappa shape index (κ2) is 6.30. The van der Waals surface area contributed by atoms with Crippen molar-refractivity contribution in [2.75, 3.05) is 13.3 Å². The molecule has 1 aromatic rings. The maximum atomic E-state index is 10.9. The van der Waals surface area contributed by atoms with Crippen molar-refractivity contribution in [1.82, 2.24) is 4.90 Å². The Labute approximate surface area is 111 Å². The summed E-state index contributed by atoms with van der Waals surface area (Å²) in [6.07, 6.45) is 0.892. The standard InChI is InChI=1S/C12H17N3O2S/c1-8(15(2)12(16)17)9-5-4-6-10(7-9)14-11(13)18-3/h4-8H,1-3H3,(H2,13,14)(H,16,17). The molecule has 0 aliphatic carbocycles. The number of nitrogens with two attached hydrogens (primary N) is 1. The van der Waals surface area contributed by atoms with Crippen molar-refractivity contribution < 1.29 is 9.90 Å². The van der Waals surface area contributed by atoms with Gasteiger partial charge in [-0.25, -0.2) is 9.79 Å². The molecule has 1 atom stereocenters. The first-order chi connectivity index (χ1) is 8.45. The van der Waals surface area contributed by atoms with Gasteiger partial charge in [0, 0.05) is 7.05 Å². The Balaban J connectivity index is 2.98. The number of amides is 1. The zero-order valence-corrected chi connectivity index (χ0v) is 11.4. The van der Waals surface area contributed by atoms with Crippen LogP contribution >= 0.6 is 11.8 Å². The van der Waals surface area contributed by atoms with E-state index >= 15 is 0 Å². The number of hydrogen-bond donors (Lipinski definition) is 2. The first kappa shape index (κ1) is 14.4. The van der Waals surface area contributed by atoms with E-state index in [-0.39, 0.29) is 6.04 Å². The average Bonchev–Trinajstić information content (AvgIpc) is 2.37. The molecule has 0 radical (unpaired) electrons. The molecular formula is C12H17N3O2S. The zero-order valence-electron chi connectivity index (χ0n) is 10.6. The molecule has 0 saturated carbocycles. The maximum Gasteiger partial charge on any atom is 0.407 e. The summed E-state index contributed by atoms with van der Waals surface area (Å²) in [5, 5.41) is 9.42. The van der Waals surface area contributed by atoms with Gasteiger partial charge in [-0.15, -0.1) is 0 Å². The minimum absolute atomic E-state index is 0.229. The number of aliphatic imine (C=N–C) groups is 1. The molecular weight excluding hydrogens is 250 g/mol. The molecule has 98 valence electrons. The average molecular weight is 267 g/mol. The summed E-state index contributed by atoms with van der Waals surface area (Å²) in [5.41, 5.74) is 7.26. The van der Waals surface area contributed by atoms with Crippen molar-refractivity contribution in [3.63, 3.8) is 0 Å². The predicted molar refractivity (Wildman–Crippen MR) is 75.4 cm³/mol. The molecule has 18 heavy (non-hydrogen) atoms. The predicted octanol–water partition coefficient (Wildman–Crippen LogP) is 2.67. The third-order valence-electron chi connectivity index (χ3n) is 2.68. The van der Waals surface area contributed by atoms with Crippen molar-refractivity contribution >= 4 is 28.7 Å². The largest absolute Gasteiger partial charge is 0.465 e. The van der Waals surface area contributed by atoms with Gasteiger partial charge in [0.25, 0.3) is 0 Å². The van der Waals surface area contributed by atoms with Crippen molar-refractivity contribution in [2.45, 2.75) is 13.0 Å². The van der Waals surface area contributed by atoms with E-state index in [1.807, 2.05) is 37.4 Å². The number of nitrogens with zero attached hydrogens (tertiary/aromatic N) is 2. The molecule has 1 rings (SSSR count). The summed E-state index contributed by atoms with van der Waals surface area (Å²) >= 11 is 1.37. The zero-order chi connectivity index (χ0) is 13.7. The third kappa shape index (κ3) is 3.66. The molecule has 6 heteroatoms. The number of carbonyl (C=O) groups is 1. The Bertz CT molecular complexity index is 462. The minimum Gasteiger partial charge on any atom is -0.465 e. The van der Waals surface area contributed by atoms with E-state index in [1.54, 1.807) is 7.05 Å². The van der Waals surface area contributed by atoms with Gasteiger partial charge in [-0.1, -0.05) is 23.9 Å². The lowest BCUT2D eigenvalue weighted by Crippen LogP contribution is -2.27. The summed E-state index contributed by atoms with van der Waals surface area (Å²) in [5.74, 6) is 0. The molecule has 0 fully saturated rings. The molecule has 0 aliphatic rings. The Kier molecular flexibility index (Phi) is 5.03. The second-order valence-electron chi connectivity index (χ2n) is 3.82. The highest BCUT2D eigenvalue weighted by Crippen LogP contribution is 2.23. The van der Waals surface area contributed by atoms with Crippen LogP contribution < -0.4 is 5.73 Å². The highest BCUT2D eigenvalue weighted by Gasteiger charge is 2.16.